The Balaban J connectivity index is 1.55. The van der Waals surface area contributed by atoms with Gasteiger partial charge >= 0.3 is 6.03 Å². The first-order valence-corrected chi connectivity index (χ1v) is 8.65. The number of hydrogen-bond acceptors (Lipinski definition) is 6. The quantitative estimate of drug-likeness (QED) is 0.603. The highest BCUT2D eigenvalue weighted by atomic mass is 16.5. The third-order valence-electron chi connectivity index (χ3n) is 5.04. The summed E-state index contributed by atoms with van der Waals surface area (Å²) in [7, 11) is 0. The van der Waals surface area contributed by atoms with Gasteiger partial charge in [0, 0.05) is 26.2 Å². The molecule has 0 aromatic rings. The molecule has 0 saturated carbocycles. The van der Waals surface area contributed by atoms with Crippen molar-refractivity contribution in [2.24, 2.45) is 0 Å². The molecule has 0 unspecified atom stereocenters. The van der Waals surface area contributed by atoms with Crippen molar-refractivity contribution in [2.45, 2.75) is 31.4 Å². The number of aliphatic hydroxyl groups is 1. The van der Waals surface area contributed by atoms with Crippen molar-refractivity contribution in [2.75, 3.05) is 52.5 Å². The van der Waals surface area contributed by atoms with Crippen molar-refractivity contribution < 1.29 is 24.2 Å². The third kappa shape index (κ3) is 3.78. The van der Waals surface area contributed by atoms with Gasteiger partial charge in [-0.15, -0.1) is 0 Å². The summed E-state index contributed by atoms with van der Waals surface area (Å²) in [6.45, 7) is 6.91. The molecule has 3 aliphatic heterocycles. The molecule has 3 rings (SSSR count). The van der Waals surface area contributed by atoms with Gasteiger partial charge in [0.1, 0.15) is 12.1 Å². The lowest BCUT2D eigenvalue weighted by Crippen LogP contribution is -2.50. The van der Waals surface area contributed by atoms with E-state index in [9.17, 15) is 19.5 Å². The van der Waals surface area contributed by atoms with Crippen molar-refractivity contribution in [1.29, 1.82) is 0 Å². The molecule has 3 fully saturated rings. The number of amides is 4. The van der Waals surface area contributed by atoms with Crippen LogP contribution in [0.3, 0.4) is 0 Å². The average Bonchev–Trinajstić information content (AvgIpc) is 3.01. The van der Waals surface area contributed by atoms with Gasteiger partial charge in [-0.1, -0.05) is 0 Å². The van der Waals surface area contributed by atoms with Crippen LogP contribution in [0.4, 0.5) is 4.79 Å². The second-order valence-corrected chi connectivity index (χ2v) is 7.62. The molecule has 0 spiro atoms. The Morgan fingerprint density at radius 3 is 2.52 bits per heavy atom. The van der Waals surface area contributed by atoms with E-state index in [1.54, 1.807) is 13.8 Å². The number of carbonyl (C=O) groups excluding carboxylic acids is 3. The molecule has 0 radical (unpaired) electrons. The van der Waals surface area contributed by atoms with Gasteiger partial charge in [-0.25, -0.2) is 4.79 Å². The smallest absolute Gasteiger partial charge is 0.325 e. The van der Waals surface area contributed by atoms with Gasteiger partial charge < -0.3 is 20.1 Å². The molecule has 9 nitrogen and oxygen atoms in total. The van der Waals surface area contributed by atoms with Crippen LogP contribution in [0.15, 0.2) is 0 Å². The monoisotopic (exact) mass is 354 g/mol. The molecule has 0 bridgehead atoms. The molecule has 9 heteroatoms. The number of rotatable bonds is 4. The Hall–Kier alpha value is -1.71. The highest BCUT2D eigenvalue weighted by Crippen LogP contribution is 2.24. The minimum atomic E-state index is -0.987. The predicted molar refractivity (Wildman–Crippen MR) is 87.7 cm³/mol. The van der Waals surface area contributed by atoms with Crippen LogP contribution < -0.4 is 5.32 Å². The van der Waals surface area contributed by atoms with Crippen LogP contribution in [-0.2, 0) is 14.3 Å². The maximum Gasteiger partial charge on any atom is 0.325 e. The van der Waals surface area contributed by atoms with Crippen LogP contribution in [0, 0.1) is 0 Å². The summed E-state index contributed by atoms with van der Waals surface area (Å²) in [4.78, 5) is 41.2. The fraction of sp³-hybridized carbons (Fsp3) is 0.812. The van der Waals surface area contributed by atoms with E-state index in [0.717, 1.165) is 18.0 Å². The zero-order chi connectivity index (χ0) is 18.2. The maximum atomic E-state index is 12.5. The average molecular weight is 354 g/mol. The first-order chi connectivity index (χ1) is 11.7. The maximum absolute atomic E-state index is 12.5. The van der Waals surface area contributed by atoms with E-state index in [-0.39, 0.29) is 19.0 Å². The van der Waals surface area contributed by atoms with Gasteiger partial charge in [-0.2, -0.15) is 0 Å². The van der Waals surface area contributed by atoms with Crippen LogP contribution >= 0.6 is 0 Å². The van der Waals surface area contributed by atoms with Gasteiger partial charge in [0.05, 0.1) is 25.4 Å². The van der Waals surface area contributed by atoms with E-state index in [2.05, 4.69) is 10.2 Å². The van der Waals surface area contributed by atoms with Gasteiger partial charge in [-0.3, -0.25) is 19.4 Å². The van der Waals surface area contributed by atoms with Crippen molar-refractivity contribution >= 4 is 17.8 Å². The number of ether oxygens (including phenoxy) is 1. The van der Waals surface area contributed by atoms with Gasteiger partial charge in [0.2, 0.25) is 5.91 Å². The predicted octanol–water partition coefficient (Wildman–Crippen LogP) is -1.39. The molecule has 3 heterocycles. The number of likely N-dealkylation sites (tertiary alicyclic amines) is 1. The number of carbonyl (C=O) groups is 3. The van der Waals surface area contributed by atoms with E-state index in [0.29, 0.717) is 32.7 Å². The molecule has 1 atom stereocenters. The number of nitrogens with zero attached hydrogens (tertiary/aromatic N) is 3. The van der Waals surface area contributed by atoms with E-state index in [1.165, 1.54) is 4.90 Å². The van der Waals surface area contributed by atoms with Crippen molar-refractivity contribution in [3.63, 3.8) is 0 Å². The summed E-state index contributed by atoms with van der Waals surface area (Å²) in [6, 6.07) is -0.550. The SMILES string of the molecule is CC1(C)NC(=O)N(CC(=O)N2CC[C@](O)(CN3CCOCC3)C2)C1=O. The van der Waals surface area contributed by atoms with Crippen molar-refractivity contribution in [3.8, 4) is 0 Å². The van der Waals surface area contributed by atoms with Gasteiger partial charge in [0.25, 0.3) is 5.91 Å². The van der Waals surface area contributed by atoms with Crippen LogP contribution in [0.25, 0.3) is 0 Å². The largest absolute Gasteiger partial charge is 0.387 e. The highest BCUT2D eigenvalue weighted by Gasteiger charge is 2.46. The zero-order valence-electron chi connectivity index (χ0n) is 14.8. The molecule has 140 valence electrons. The van der Waals surface area contributed by atoms with E-state index >= 15 is 0 Å². The van der Waals surface area contributed by atoms with Crippen molar-refractivity contribution in [3.05, 3.63) is 0 Å². The molecule has 4 amide bonds. The normalized spacial score (nSPS) is 30.0. The van der Waals surface area contributed by atoms with Gasteiger partial charge in [-0.05, 0) is 20.3 Å². The lowest BCUT2D eigenvalue weighted by molar-refractivity contribution is -0.138. The fourth-order valence-corrected chi connectivity index (χ4v) is 3.57. The molecule has 0 aliphatic carbocycles. The summed E-state index contributed by atoms with van der Waals surface area (Å²) >= 11 is 0. The summed E-state index contributed by atoms with van der Waals surface area (Å²) < 4.78 is 5.30. The third-order valence-corrected chi connectivity index (χ3v) is 5.04. The molecule has 3 saturated heterocycles. The Morgan fingerprint density at radius 1 is 1.24 bits per heavy atom. The van der Waals surface area contributed by atoms with Crippen LogP contribution in [0.1, 0.15) is 20.3 Å². The Bertz CT molecular complexity index is 575. The molecular formula is C16H26N4O5. The van der Waals surface area contributed by atoms with E-state index in [1.807, 2.05) is 0 Å². The van der Waals surface area contributed by atoms with Crippen LogP contribution in [0.2, 0.25) is 0 Å². The summed E-state index contributed by atoms with van der Waals surface area (Å²) in [5.41, 5.74) is -1.94. The number of nitrogens with one attached hydrogen (secondary N) is 1. The number of hydrogen-bond donors (Lipinski definition) is 2. The topological polar surface area (TPSA) is 102 Å². The second kappa shape index (κ2) is 6.54. The first-order valence-electron chi connectivity index (χ1n) is 8.65. The molecule has 0 aromatic carbocycles. The molecule has 2 N–H and O–H groups in total. The zero-order valence-corrected chi connectivity index (χ0v) is 14.8. The Labute approximate surface area is 146 Å². The van der Waals surface area contributed by atoms with Gasteiger partial charge in [0.15, 0.2) is 0 Å². The number of urea groups is 1. The lowest BCUT2D eigenvalue weighted by atomic mass is 10.0. The summed E-state index contributed by atoms with van der Waals surface area (Å²) in [5.74, 6) is -0.729. The van der Waals surface area contributed by atoms with E-state index < -0.39 is 23.1 Å². The summed E-state index contributed by atoms with van der Waals surface area (Å²) in [6.07, 6.45) is 0.488. The second-order valence-electron chi connectivity index (χ2n) is 7.62. The molecule has 25 heavy (non-hydrogen) atoms. The first kappa shape index (κ1) is 18.1. The van der Waals surface area contributed by atoms with Crippen LogP contribution in [0.5, 0.6) is 0 Å². The minimum absolute atomic E-state index is 0.218. The standard InChI is InChI=1S/C16H26N4O5/c1-15(2)13(22)20(14(23)17-15)9-12(21)19-4-3-16(24,11-19)10-18-5-7-25-8-6-18/h24H,3-11H2,1-2H3,(H,17,23)/t16-/m0/s1. The molecular weight excluding hydrogens is 328 g/mol. The lowest BCUT2D eigenvalue weighted by Gasteiger charge is -2.33. The summed E-state index contributed by atoms with van der Waals surface area (Å²) in [5, 5.41) is 13.3. The molecule has 0 aromatic heterocycles. The van der Waals surface area contributed by atoms with Crippen LogP contribution in [-0.4, -0.2) is 101 Å². The number of β-amino-alcohol motifs (C(OH)–C–C–N with tert-alkyl or cyclic N) is 1. The molecule has 3 aliphatic rings. The van der Waals surface area contributed by atoms with Crippen molar-refractivity contribution in [1.82, 2.24) is 20.0 Å². The fourth-order valence-electron chi connectivity index (χ4n) is 3.57. The Morgan fingerprint density at radius 2 is 1.92 bits per heavy atom. The Kier molecular flexibility index (Phi) is 4.74. The van der Waals surface area contributed by atoms with E-state index in [4.69, 9.17) is 4.74 Å². The number of morpholine rings is 1. The number of imide groups is 1. The highest BCUT2D eigenvalue weighted by molar-refractivity contribution is 6.08. The minimum Gasteiger partial charge on any atom is -0.387 e.